The fourth-order valence-corrected chi connectivity index (χ4v) is 4.14. The molecule has 156 valence electrons. The molecule has 4 aromatic rings. The molecule has 3 heterocycles. The molecule has 0 fully saturated rings. The minimum Gasteiger partial charge on any atom is -0.306 e. The molecule has 0 atom stereocenters. The number of thiophene rings is 1. The number of rotatable bonds is 4. The fraction of sp³-hybridized carbons (Fsp3) is 0.250. The van der Waals surface area contributed by atoms with Gasteiger partial charge in [0, 0.05) is 18.5 Å². The van der Waals surface area contributed by atoms with Gasteiger partial charge in [0.2, 0.25) is 0 Å². The summed E-state index contributed by atoms with van der Waals surface area (Å²) in [5, 5.41) is 10.6. The quantitative estimate of drug-likeness (QED) is 0.504. The lowest BCUT2D eigenvalue weighted by Crippen LogP contribution is -2.15. The Bertz CT molecular complexity index is 1230. The van der Waals surface area contributed by atoms with Gasteiger partial charge in [-0.15, -0.1) is 11.3 Å². The van der Waals surface area contributed by atoms with Crippen LogP contribution in [0.1, 0.15) is 32.2 Å². The molecule has 10 heteroatoms. The van der Waals surface area contributed by atoms with Crippen molar-refractivity contribution in [3.05, 3.63) is 63.8 Å². The van der Waals surface area contributed by atoms with Gasteiger partial charge in [0.1, 0.15) is 10.6 Å². The molecule has 0 unspecified atom stereocenters. The number of carbonyl (C=O) groups excluding carboxylic acids is 1. The average Bonchev–Trinajstić information content (AvgIpc) is 3.32. The van der Waals surface area contributed by atoms with Crippen LogP contribution in [-0.2, 0) is 19.8 Å². The molecule has 0 aliphatic carbocycles. The number of amides is 1. The molecular weight excluding hydrogens is 415 g/mol. The van der Waals surface area contributed by atoms with Crippen LogP contribution in [0.25, 0.3) is 10.2 Å². The smallest absolute Gasteiger partial charge is 0.306 e. The van der Waals surface area contributed by atoms with Crippen molar-refractivity contribution in [2.24, 2.45) is 7.05 Å². The van der Waals surface area contributed by atoms with E-state index in [-0.39, 0.29) is 15.1 Å². The summed E-state index contributed by atoms with van der Waals surface area (Å²) in [5.41, 5.74) is 1.89. The van der Waals surface area contributed by atoms with Crippen molar-refractivity contribution in [3.8, 4) is 0 Å². The topological polar surface area (TPSA) is 64.7 Å². The summed E-state index contributed by atoms with van der Waals surface area (Å²) in [7, 11) is 1.43. The lowest BCUT2D eigenvalue weighted by molar-refractivity contribution is -0.140. The van der Waals surface area contributed by atoms with Crippen LogP contribution >= 0.6 is 11.3 Å². The molecule has 0 bridgehead atoms. The molecule has 0 spiro atoms. The summed E-state index contributed by atoms with van der Waals surface area (Å²) in [4.78, 5) is 13.2. The minimum atomic E-state index is -4.59. The molecule has 0 saturated carbocycles. The molecule has 4 rings (SSSR count). The molecule has 0 saturated heterocycles. The molecule has 6 nitrogen and oxygen atoms in total. The van der Waals surface area contributed by atoms with E-state index >= 15 is 0 Å². The number of carbonyl (C=O) groups is 1. The number of aromatic nitrogens is 4. The van der Waals surface area contributed by atoms with Crippen molar-refractivity contribution in [1.82, 2.24) is 19.6 Å². The Kier molecular flexibility index (Phi) is 4.89. The molecule has 1 amide bonds. The predicted molar refractivity (Wildman–Crippen MR) is 109 cm³/mol. The zero-order valence-electron chi connectivity index (χ0n) is 16.4. The van der Waals surface area contributed by atoms with Crippen molar-refractivity contribution < 1.29 is 18.0 Å². The maximum Gasteiger partial charge on any atom is 0.435 e. The van der Waals surface area contributed by atoms with Crippen LogP contribution in [0.5, 0.6) is 0 Å². The highest BCUT2D eigenvalue weighted by Gasteiger charge is 2.37. The maximum absolute atomic E-state index is 13.2. The van der Waals surface area contributed by atoms with E-state index in [2.05, 4.69) is 15.5 Å². The molecule has 1 aromatic carbocycles. The Labute approximate surface area is 173 Å². The van der Waals surface area contributed by atoms with E-state index in [1.807, 2.05) is 38.1 Å². The Morgan fingerprint density at radius 1 is 1.13 bits per heavy atom. The number of aryl methyl sites for hydroxylation is 3. The summed E-state index contributed by atoms with van der Waals surface area (Å²) in [6.45, 7) is 4.26. The van der Waals surface area contributed by atoms with Crippen LogP contribution in [0.4, 0.5) is 19.0 Å². The lowest BCUT2D eigenvalue weighted by Gasteiger charge is -2.09. The van der Waals surface area contributed by atoms with Gasteiger partial charge >= 0.3 is 6.18 Å². The van der Waals surface area contributed by atoms with E-state index < -0.39 is 17.8 Å². The number of nitrogens with zero attached hydrogens (tertiary/aromatic N) is 4. The predicted octanol–water partition coefficient (Wildman–Crippen LogP) is 4.77. The van der Waals surface area contributed by atoms with E-state index in [1.165, 1.54) is 13.1 Å². The van der Waals surface area contributed by atoms with Crippen molar-refractivity contribution in [2.45, 2.75) is 26.6 Å². The van der Waals surface area contributed by atoms with E-state index in [0.29, 0.717) is 12.4 Å². The lowest BCUT2D eigenvalue weighted by atomic mass is 10.1. The number of anilines is 1. The largest absolute Gasteiger partial charge is 0.435 e. The van der Waals surface area contributed by atoms with Gasteiger partial charge in [0.05, 0.1) is 17.1 Å². The average molecular weight is 433 g/mol. The summed E-state index contributed by atoms with van der Waals surface area (Å²) in [5.74, 6) is -0.0147. The highest BCUT2D eigenvalue weighted by molar-refractivity contribution is 7.20. The van der Waals surface area contributed by atoms with Gasteiger partial charge in [0.15, 0.2) is 5.69 Å². The number of benzene rings is 1. The first-order valence-electron chi connectivity index (χ1n) is 9.07. The number of fused-ring (bicyclic) bond motifs is 1. The van der Waals surface area contributed by atoms with E-state index in [9.17, 15) is 18.0 Å². The van der Waals surface area contributed by atoms with Crippen molar-refractivity contribution in [3.63, 3.8) is 0 Å². The third-order valence-corrected chi connectivity index (χ3v) is 5.80. The number of halogens is 3. The molecule has 30 heavy (non-hydrogen) atoms. The van der Waals surface area contributed by atoms with Gasteiger partial charge < -0.3 is 5.32 Å². The number of hydrogen-bond donors (Lipinski definition) is 1. The summed E-state index contributed by atoms with van der Waals surface area (Å²) in [6.07, 6.45) is -4.59. The number of alkyl halides is 3. The van der Waals surface area contributed by atoms with Gasteiger partial charge in [0.25, 0.3) is 5.91 Å². The van der Waals surface area contributed by atoms with Gasteiger partial charge in [-0.25, -0.2) is 4.68 Å². The van der Waals surface area contributed by atoms with E-state index in [0.717, 1.165) is 32.8 Å². The van der Waals surface area contributed by atoms with Gasteiger partial charge in [-0.05, 0) is 25.5 Å². The molecule has 1 N–H and O–H groups in total. The SMILES string of the molecule is Cc1ccc(Cn2nc(C)cc2NC(=O)c2cc3c(C(F)(F)F)nn(C)c3s2)cc1. The second-order valence-electron chi connectivity index (χ2n) is 7.07. The molecular formula is C20H18F3N5OS. The molecule has 0 aliphatic heterocycles. The minimum absolute atomic E-state index is 0.0792. The first-order valence-corrected chi connectivity index (χ1v) is 9.88. The first kappa shape index (κ1) is 20.1. The van der Waals surface area contributed by atoms with Crippen LogP contribution in [0, 0.1) is 13.8 Å². The monoisotopic (exact) mass is 433 g/mol. The number of nitrogens with one attached hydrogen (secondary N) is 1. The molecule has 3 aromatic heterocycles. The molecule has 0 radical (unpaired) electrons. The van der Waals surface area contributed by atoms with E-state index in [1.54, 1.807) is 10.7 Å². The van der Waals surface area contributed by atoms with Gasteiger partial charge in [-0.1, -0.05) is 29.8 Å². The van der Waals surface area contributed by atoms with Crippen LogP contribution < -0.4 is 5.32 Å². The van der Waals surface area contributed by atoms with Gasteiger partial charge in [-0.2, -0.15) is 23.4 Å². The van der Waals surface area contributed by atoms with E-state index in [4.69, 9.17) is 0 Å². The summed E-state index contributed by atoms with van der Waals surface area (Å²) >= 11 is 0.965. The van der Waals surface area contributed by atoms with Crippen LogP contribution in [0.3, 0.4) is 0 Å². The Morgan fingerprint density at radius 3 is 2.50 bits per heavy atom. The van der Waals surface area contributed by atoms with Crippen molar-refractivity contribution in [1.29, 1.82) is 0 Å². The summed E-state index contributed by atoms with van der Waals surface area (Å²) < 4.78 is 42.4. The van der Waals surface area contributed by atoms with Crippen molar-refractivity contribution in [2.75, 3.05) is 5.32 Å². The first-order chi connectivity index (χ1) is 14.1. The standard InChI is InChI=1S/C20H18F3N5OS/c1-11-4-6-13(7-5-11)10-28-16(8-12(2)25-28)24-18(29)15-9-14-17(20(21,22)23)26-27(3)19(14)30-15/h4-9H,10H2,1-3H3,(H,24,29). The Balaban J connectivity index is 1.61. The Hall–Kier alpha value is -3.14. The summed E-state index contributed by atoms with van der Waals surface area (Å²) in [6, 6.07) is 10.9. The van der Waals surface area contributed by atoms with Crippen LogP contribution in [0.15, 0.2) is 36.4 Å². The normalized spacial score (nSPS) is 11.9. The zero-order chi connectivity index (χ0) is 21.6. The highest BCUT2D eigenvalue weighted by atomic mass is 32.1. The maximum atomic E-state index is 13.2. The molecule has 0 aliphatic rings. The van der Waals surface area contributed by atoms with Gasteiger partial charge in [-0.3, -0.25) is 9.48 Å². The third-order valence-electron chi connectivity index (χ3n) is 4.60. The zero-order valence-corrected chi connectivity index (χ0v) is 17.2. The highest BCUT2D eigenvalue weighted by Crippen LogP contribution is 2.37. The second-order valence-corrected chi connectivity index (χ2v) is 8.10. The van der Waals surface area contributed by atoms with Crippen LogP contribution in [-0.4, -0.2) is 25.5 Å². The van der Waals surface area contributed by atoms with Crippen LogP contribution in [0.2, 0.25) is 0 Å². The van der Waals surface area contributed by atoms with Crippen molar-refractivity contribution >= 4 is 33.3 Å². The number of hydrogen-bond acceptors (Lipinski definition) is 4. The fourth-order valence-electron chi connectivity index (χ4n) is 3.17. The third kappa shape index (κ3) is 3.82. The second kappa shape index (κ2) is 7.28. The Morgan fingerprint density at radius 2 is 1.83 bits per heavy atom.